The van der Waals surface area contributed by atoms with Gasteiger partial charge in [-0.15, -0.1) is 12.8 Å². The molecule has 0 atom stereocenters. The number of hydrogen-bond acceptors (Lipinski definition) is 0. The van der Waals surface area contributed by atoms with Gasteiger partial charge in [0.1, 0.15) is 0 Å². The highest BCUT2D eigenvalue weighted by Crippen LogP contribution is 2.32. The second-order valence-corrected chi connectivity index (χ2v) is 6.33. The first-order valence-electron chi connectivity index (χ1n) is 9.00. The van der Waals surface area contributed by atoms with E-state index in [4.69, 9.17) is 12.8 Å². The lowest BCUT2D eigenvalue weighted by molar-refractivity contribution is 1.14. The van der Waals surface area contributed by atoms with Crippen LogP contribution in [0.2, 0.25) is 0 Å². The van der Waals surface area contributed by atoms with Gasteiger partial charge in [-0.25, -0.2) is 0 Å². The molecule has 0 aromatic heterocycles. The molecule has 0 radical (unpaired) electrons. The van der Waals surface area contributed by atoms with Gasteiger partial charge in [0, 0.05) is 11.1 Å². The van der Waals surface area contributed by atoms with Crippen LogP contribution in [-0.4, -0.2) is 0 Å². The first-order valence-corrected chi connectivity index (χ1v) is 9.00. The maximum absolute atomic E-state index is 5.83. The molecule has 0 heteroatoms. The summed E-state index contributed by atoms with van der Waals surface area (Å²) in [5, 5.41) is 0. The number of hydrogen-bond donors (Lipinski definition) is 0. The Morgan fingerprint density at radius 3 is 1.23 bits per heavy atom. The number of terminal acetylenes is 2. The maximum atomic E-state index is 5.83. The van der Waals surface area contributed by atoms with Crippen LogP contribution in [0.1, 0.15) is 36.1 Å². The third kappa shape index (κ3) is 3.42. The largest absolute Gasteiger partial charge is 0.115 e. The molecule has 0 spiro atoms. The molecule has 0 fully saturated rings. The van der Waals surface area contributed by atoms with Crippen molar-refractivity contribution in [1.29, 1.82) is 0 Å². The maximum Gasteiger partial charge on any atom is 0.0328 e. The van der Waals surface area contributed by atoms with E-state index in [-0.39, 0.29) is 0 Å². The monoisotopic (exact) mass is 334 g/mol. The minimum absolute atomic E-state index is 0.864. The molecule has 0 aliphatic rings. The van der Waals surface area contributed by atoms with Crippen LogP contribution in [-0.2, 0) is 12.8 Å². The van der Waals surface area contributed by atoms with E-state index < -0.39 is 0 Å². The lowest BCUT2D eigenvalue weighted by atomic mass is 9.90. The SMILES string of the molecule is C#Cc1cc(-c2ccc(CC)cc2)c(C#C)cc1-c1ccc(CC)cc1. The van der Waals surface area contributed by atoms with Gasteiger partial charge >= 0.3 is 0 Å². The summed E-state index contributed by atoms with van der Waals surface area (Å²) in [6.07, 6.45) is 13.7. The number of benzene rings is 3. The van der Waals surface area contributed by atoms with Gasteiger partial charge in [-0.2, -0.15) is 0 Å². The van der Waals surface area contributed by atoms with Gasteiger partial charge in [0.05, 0.1) is 0 Å². The molecule has 0 amide bonds. The van der Waals surface area contributed by atoms with Gasteiger partial charge in [-0.1, -0.05) is 74.2 Å². The van der Waals surface area contributed by atoms with Crippen molar-refractivity contribution in [2.24, 2.45) is 0 Å². The Hall–Kier alpha value is -3.22. The van der Waals surface area contributed by atoms with Gasteiger partial charge in [-0.05, 0) is 58.4 Å². The van der Waals surface area contributed by atoms with Gasteiger partial charge < -0.3 is 0 Å². The second kappa shape index (κ2) is 7.77. The minimum atomic E-state index is 0.864. The average molecular weight is 334 g/mol. The van der Waals surface area contributed by atoms with E-state index in [1.807, 2.05) is 12.1 Å². The quantitative estimate of drug-likeness (QED) is 0.505. The highest BCUT2D eigenvalue weighted by Gasteiger charge is 2.11. The van der Waals surface area contributed by atoms with Crippen LogP contribution in [0.5, 0.6) is 0 Å². The van der Waals surface area contributed by atoms with Crippen LogP contribution in [0.3, 0.4) is 0 Å². The third-order valence-corrected chi connectivity index (χ3v) is 4.82. The van der Waals surface area contributed by atoms with E-state index in [1.165, 1.54) is 11.1 Å². The Morgan fingerprint density at radius 2 is 0.962 bits per heavy atom. The summed E-state index contributed by atoms with van der Waals surface area (Å²) in [6, 6.07) is 21.1. The molecule has 3 rings (SSSR count). The Labute approximate surface area is 156 Å². The Balaban J connectivity index is 2.14. The van der Waals surface area contributed by atoms with Crippen molar-refractivity contribution in [2.75, 3.05) is 0 Å². The highest BCUT2D eigenvalue weighted by atomic mass is 14.1. The summed E-state index contributed by atoms with van der Waals surface area (Å²) in [7, 11) is 0. The van der Waals surface area contributed by atoms with Gasteiger partial charge in [0.2, 0.25) is 0 Å². The molecule has 126 valence electrons. The molecule has 0 saturated carbocycles. The predicted molar refractivity (Wildman–Crippen MR) is 112 cm³/mol. The minimum Gasteiger partial charge on any atom is -0.115 e. The molecule has 0 unspecified atom stereocenters. The number of rotatable bonds is 4. The lowest BCUT2D eigenvalue weighted by Crippen LogP contribution is -1.92. The molecule has 0 aliphatic carbocycles. The van der Waals surface area contributed by atoms with E-state index in [0.29, 0.717) is 0 Å². The van der Waals surface area contributed by atoms with E-state index in [1.54, 1.807) is 0 Å². The van der Waals surface area contributed by atoms with Crippen molar-refractivity contribution in [3.63, 3.8) is 0 Å². The molecular weight excluding hydrogens is 312 g/mol. The van der Waals surface area contributed by atoms with E-state index in [0.717, 1.165) is 46.2 Å². The third-order valence-electron chi connectivity index (χ3n) is 4.82. The molecule has 26 heavy (non-hydrogen) atoms. The molecular formula is C26H22. The van der Waals surface area contributed by atoms with Crippen molar-refractivity contribution in [2.45, 2.75) is 26.7 Å². The molecule has 0 heterocycles. The standard InChI is InChI=1S/C26H22/c1-5-19-9-13-23(14-10-19)25-17-22(8-4)26(18-21(25)7-3)24-15-11-20(6-2)12-16-24/h3-4,9-18H,5-6H2,1-2H3. The van der Waals surface area contributed by atoms with Crippen LogP contribution < -0.4 is 0 Å². The molecule has 3 aromatic rings. The topological polar surface area (TPSA) is 0 Å². The molecule has 0 aliphatic heterocycles. The van der Waals surface area contributed by atoms with Crippen LogP contribution >= 0.6 is 0 Å². The van der Waals surface area contributed by atoms with E-state index in [2.05, 4.69) is 74.2 Å². The van der Waals surface area contributed by atoms with Crippen LogP contribution in [0.4, 0.5) is 0 Å². The zero-order valence-corrected chi connectivity index (χ0v) is 15.3. The van der Waals surface area contributed by atoms with Crippen molar-refractivity contribution in [3.8, 4) is 46.9 Å². The van der Waals surface area contributed by atoms with Crippen molar-refractivity contribution >= 4 is 0 Å². The fourth-order valence-corrected chi connectivity index (χ4v) is 3.16. The summed E-state index contributed by atoms with van der Waals surface area (Å²) >= 11 is 0. The molecule has 3 aromatic carbocycles. The van der Waals surface area contributed by atoms with Crippen molar-refractivity contribution in [3.05, 3.63) is 82.9 Å². The molecule has 0 saturated heterocycles. The number of aryl methyl sites for hydroxylation is 2. The smallest absolute Gasteiger partial charge is 0.0328 e. The average Bonchev–Trinajstić information content (AvgIpc) is 2.73. The molecule has 0 nitrogen and oxygen atoms in total. The summed E-state index contributed by atoms with van der Waals surface area (Å²) in [5.74, 6) is 5.68. The Bertz CT molecular complexity index is 903. The first kappa shape index (κ1) is 17.6. The summed E-state index contributed by atoms with van der Waals surface area (Å²) in [4.78, 5) is 0. The van der Waals surface area contributed by atoms with Gasteiger partial charge in [0.25, 0.3) is 0 Å². The zero-order chi connectivity index (χ0) is 18.5. The van der Waals surface area contributed by atoms with Crippen molar-refractivity contribution < 1.29 is 0 Å². The lowest BCUT2D eigenvalue weighted by Gasteiger charge is -2.12. The summed E-state index contributed by atoms with van der Waals surface area (Å²) in [5.41, 5.74) is 8.56. The van der Waals surface area contributed by atoms with E-state index >= 15 is 0 Å². The fourth-order valence-electron chi connectivity index (χ4n) is 3.16. The van der Waals surface area contributed by atoms with Crippen LogP contribution in [0.25, 0.3) is 22.3 Å². The second-order valence-electron chi connectivity index (χ2n) is 6.33. The fraction of sp³-hybridized carbons (Fsp3) is 0.154. The zero-order valence-electron chi connectivity index (χ0n) is 15.3. The van der Waals surface area contributed by atoms with Crippen LogP contribution in [0, 0.1) is 24.7 Å². The highest BCUT2D eigenvalue weighted by molar-refractivity contribution is 5.81. The van der Waals surface area contributed by atoms with Gasteiger partial charge in [0.15, 0.2) is 0 Å². The Kier molecular flexibility index (Phi) is 5.26. The van der Waals surface area contributed by atoms with E-state index in [9.17, 15) is 0 Å². The summed E-state index contributed by atoms with van der Waals surface area (Å²) in [6.45, 7) is 4.30. The summed E-state index contributed by atoms with van der Waals surface area (Å²) < 4.78 is 0. The predicted octanol–water partition coefficient (Wildman–Crippen LogP) is 6.11. The van der Waals surface area contributed by atoms with Crippen LogP contribution in [0.15, 0.2) is 60.7 Å². The molecule has 0 bridgehead atoms. The molecule has 0 N–H and O–H groups in total. The first-order chi connectivity index (χ1) is 12.7. The normalized spacial score (nSPS) is 10.2. The van der Waals surface area contributed by atoms with Crippen molar-refractivity contribution in [1.82, 2.24) is 0 Å². The van der Waals surface area contributed by atoms with Gasteiger partial charge in [-0.3, -0.25) is 0 Å². The Morgan fingerprint density at radius 1 is 0.615 bits per heavy atom.